The average molecular weight is 164 g/mol. The Hall–Kier alpha value is -0.220. The predicted molar refractivity (Wildman–Crippen MR) is 39.9 cm³/mol. The van der Waals surface area contributed by atoms with Crippen molar-refractivity contribution in [3.05, 3.63) is 0 Å². The topological polar surface area (TPSA) is 15.3 Å². The number of rotatable bonds is 1. The molecule has 0 radical (unpaired) electrons. The van der Waals surface area contributed by atoms with Crippen LogP contribution in [0, 0.1) is 0 Å². The lowest BCUT2D eigenvalue weighted by Crippen LogP contribution is -2.55. The minimum absolute atomic E-state index is 0.0458. The molecule has 0 saturated carbocycles. The highest BCUT2D eigenvalue weighted by Crippen LogP contribution is 2.27. The summed E-state index contributed by atoms with van der Waals surface area (Å²) in [6.45, 7) is 0.817. The Labute approximate surface area is 65.6 Å². The van der Waals surface area contributed by atoms with Crippen LogP contribution in [0.3, 0.4) is 0 Å². The lowest BCUT2D eigenvalue weighted by molar-refractivity contribution is -0.0871. The molecule has 1 atom stereocenters. The lowest BCUT2D eigenvalue weighted by atomic mass is 10.0. The third-order valence-electron chi connectivity index (χ3n) is 2.08. The van der Waals surface area contributed by atoms with E-state index in [1.807, 2.05) is 0 Å². The van der Waals surface area contributed by atoms with Crippen LogP contribution >= 0.6 is 0 Å². The third kappa shape index (κ3) is 1.87. The molecule has 0 aliphatic carbocycles. The van der Waals surface area contributed by atoms with Gasteiger partial charge < -0.3 is 5.32 Å². The summed E-state index contributed by atoms with van der Waals surface area (Å²) >= 11 is 0. The Kier molecular flexibility index (Phi) is 2.44. The number of alkyl halides is 2. The maximum Gasteiger partial charge on any atom is 0.265 e. The third-order valence-corrected chi connectivity index (χ3v) is 2.08. The van der Waals surface area contributed by atoms with Crippen LogP contribution in [0.5, 0.6) is 0 Å². The first-order valence-electron chi connectivity index (χ1n) is 3.79. The van der Waals surface area contributed by atoms with Gasteiger partial charge in [0, 0.05) is 19.5 Å². The highest BCUT2D eigenvalue weighted by molar-refractivity contribution is 4.89. The van der Waals surface area contributed by atoms with Gasteiger partial charge in [0.2, 0.25) is 0 Å². The van der Waals surface area contributed by atoms with Crippen molar-refractivity contribution in [2.24, 2.45) is 0 Å². The first kappa shape index (κ1) is 8.87. The monoisotopic (exact) mass is 164 g/mol. The molecular weight excluding hydrogens is 150 g/mol. The van der Waals surface area contributed by atoms with Crippen LogP contribution in [0.15, 0.2) is 0 Å². The summed E-state index contributed by atoms with van der Waals surface area (Å²) in [5, 5.41) is 2.95. The molecule has 1 N–H and O–H groups in total. The molecule has 4 heteroatoms. The highest BCUT2D eigenvalue weighted by Gasteiger charge is 2.42. The van der Waals surface area contributed by atoms with E-state index in [4.69, 9.17) is 0 Å². The lowest BCUT2D eigenvalue weighted by Gasteiger charge is -2.36. The summed E-state index contributed by atoms with van der Waals surface area (Å²) in [4.78, 5) is 1.58. The zero-order valence-electron chi connectivity index (χ0n) is 6.90. The zero-order chi connectivity index (χ0) is 8.48. The summed E-state index contributed by atoms with van der Waals surface area (Å²) in [7, 11) is 3.37. The first-order valence-corrected chi connectivity index (χ1v) is 3.79. The number of hydrogen-bond acceptors (Lipinski definition) is 2. The van der Waals surface area contributed by atoms with E-state index in [1.165, 1.54) is 0 Å². The zero-order valence-corrected chi connectivity index (χ0v) is 6.90. The summed E-state index contributed by atoms with van der Waals surface area (Å²) in [5.41, 5.74) is 0. The van der Waals surface area contributed by atoms with Crippen LogP contribution in [-0.4, -0.2) is 44.0 Å². The maximum absolute atomic E-state index is 13.0. The van der Waals surface area contributed by atoms with E-state index in [-0.39, 0.29) is 6.42 Å². The molecule has 11 heavy (non-hydrogen) atoms. The van der Waals surface area contributed by atoms with Gasteiger partial charge in [-0.05, 0) is 14.1 Å². The molecular formula is C7H14F2N2. The molecule has 1 aliphatic heterocycles. The van der Waals surface area contributed by atoms with Crippen molar-refractivity contribution in [3.8, 4) is 0 Å². The van der Waals surface area contributed by atoms with Crippen molar-refractivity contribution in [1.29, 1.82) is 0 Å². The standard InChI is InChI=1S/C7H14F2N2/c1-11(2)6-5-10-4-3-7(6,8)9/h6,10H,3-5H2,1-2H3/t6-/m0/s1. The van der Waals surface area contributed by atoms with Gasteiger partial charge in [0.15, 0.2) is 0 Å². The van der Waals surface area contributed by atoms with Gasteiger partial charge in [-0.25, -0.2) is 8.78 Å². The summed E-state index contributed by atoms with van der Waals surface area (Å²) in [5.74, 6) is -2.52. The molecule has 66 valence electrons. The fourth-order valence-electron chi connectivity index (χ4n) is 1.37. The van der Waals surface area contributed by atoms with Crippen molar-refractivity contribution in [2.45, 2.75) is 18.4 Å². The normalized spacial score (nSPS) is 30.8. The average Bonchev–Trinajstić information content (AvgIpc) is 1.85. The predicted octanol–water partition coefficient (Wildman–Crippen LogP) is 0.545. The van der Waals surface area contributed by atoms with E-state index >= 15 is 0 Å². The molecule has 0 unspecified atom stereocenters. The summed E-state index contributed by atoms with van der Waals surface area (Å²) < 4.78 is 26.1. The van der Waals surface area contributed by atoms with E-state index in [0.29, 0.717) is 13.1 Å². The largest absolute Gasteiger partial charge is 0.315 e. The second-order valence-corrected chi connectivity index (χ2v) is 3.19. The molecule has 0 bridgehead atoms. The molecule has 2 nitrogen and oxygen atoms in total. The van der Waals surface area contributed by atoms with E-state index < -0.39 is 12.0 Å². The summed E-state index contributed by atoms with van der Waals surface area (Å²) in [6.07, 6.45) is -0.0458. The van der Waals surface area contributed by atoms with Crippen LogP contribution in [0.2, 0.25) is 0 Å². The van der Waals surface area contributed by atoms with Crippen molar-refractivity contribution in [2.75, 3.05) is 27.2 Å². The van der Waals surface area contributed by atoms with E-state index in [9.17, 15) is 8.78 Å². The van der Waals surface area contributed by atoms with Crippen molar-refractivity contribution in [1.82, 2.24) is 10.2 Å². The second kappa shape index (κ2) is 3.03. The fraction of sp³-hybridized carbons (Fsp3) is 1.00. The summed E-state index contributed by atoms with van der Waals surface area (Å²) in [6, 6.07) is -0.642. The van der Waals surface area contributed by atoms with Gasteiger partial charge in [-0.3, -0.25) is 4.90 Å². The van der Waals surface area contributed by atoms with Crippen LogP contribution in [-0.2, 0) is 0 Å². The van der Waals surface area contributed by atoms with Crippen LogP contribution in [0.4, 0.5) is 8.78 Å². The van der Waals surface area contributed by atoms with E-state index in [2.05, 4.69) is 5.32 Å². The Bertz CT molecular complexity index is 136. The Morgan fingerprint density at radius 1 is 1.45 bits per heavy atom. The number of nitrogens with zero attached hydrogens (tertiary/aromatic N) is 1. The van der Waals surface area contributed by atoms with Gasteiger partial charge in [0.1, 0.15) is 0 Å². The molecule has 1 saturated heterocycles. The number of piperidine rings is 1. The number of halogens is 2. The minimum atomic E-state index is -2.52. The number of nitrogens with one attached hydrogen (secondary N) is 1. The first-order chi connectivity index (χ1) is 5.04. The van der Waals surface area contributed by atoms with Crippen LogP contribution in [0.25, 0.3) is 0 Å². The Morgan fingerprint density at radius 3 is 2.45 bits per heavy atom. The molecule has 0 aromatic rings. The highest BCUT2D eigenvalue weighted by atomic mass is 19.3. The van der Waals surface area contributed by atoms with E-state index in [0.717, 1.165) is 0 Å². The SMILES string of the molecule is CN(C)[C@H]1CNCCC1(F)F. The Balaban J connectivity index is 2.60. The number of likely N-dealkylation sites (N-methyl/N-ethyl adjacent to an activating group) is 1. The smallest absolute Gasteiger partial charge is 0.265 e. The van der Waals surface area contributed by atoms with Crippen LogP contribution in [0.1, 0.15) is 6.42 Å². The maximum atomic E-state index is 13.0. The van der Waals surface area contributed by atoms with Crippen LogP contribution < -0.4 is 5.32 Å². The molecule has 1 aliphatic rings. The molecule has 0 aromatic heterocycles. The molecule has 0 aromatic carbocycles. The number of hydrogen-bond donors (Lipinski definition) is 1. The molecule has 1 fully saturated rings. The van der Waals surface area contributed by atoms with Gasteiger partial charge in [-0.1, -0.05) is 0 Å². The molecule has 1 heterocycles. The van der Waals surface area contributed by atoms with Gasteiger partial charge in [0.05, 0.1) is 6.04 Å². The molecule has 0 amide bonds. The minimum Gasteiger partial charge on any atom is -0.315 e. The van der Waals surface area contributed by atoms with Gasteiger partial charge in [0.25, 0.3) is 5.92 Å². The van der Waals surface area contributed by atoms with Crippen molar-refractivity contribution in [3.63, 3.8) is 0 Å². The van der Waals surface area contributed by atoms with Gasteiger partial charge in [-0.2, -0.15) is 0 Å². The van der Waals surface area contributed by atoms with E-state index in [1.54, 1.807) is 19.0 Å². The Morgan fingerprint density at radius 2 is 2.09 bits per heavy atom. The quantitative estimate of drug-likeness (QED) is 0.608. The van der Waals surface area contributed by atoms with Gasteiger partial charge >= 0.3 is 0 Å². The van der Waals surface area contributed by atoms with Crippen molar-refractivity contribution < 1.29 is 8.78 Å². The van der Waals surface area contributed by atoms with Gasteiger partial charge in [-0.15, -0.1) is 0 Å². The fourth-order valence-corrected chi connectivity index (χ4v) is 1.37. The van der Waals surface area contributed by atoms with Crippen molar-refractivity contribution >= 4 is 0 Å². The molecule has 1 rings (SSSR count). The second-order valence-electron chi connectivity index (χ2n) is 3.19. The molecule has 0 spiro atoms.